The topological polar surface area (TPSA) is 110 Å². The van der Waals surface area contributed by atoms with E-state index in [1.54, 1.807) is 26.1 Å². The maximum absolute atomic E-state index is 13.2. The number of rotatable bonds is 11. The van der Waals surface area contributed by atoms with Crippen LogP contribution in [0.25, 0.3) is 21.3 Å². The second kappa shape index (κ2) is 13.0. The molecule has 41 heavy (non-hydrogen) atoms. The van der Waals surface area contributed by atoms with Crippen LogP contribution in [0.5, 0.6) is 0 Å². The summed E-state index contributed by atoms with van der Waals surface area (Å²) in [5.41, 5.74) is 0.981. The van der Waals surface area contributed by atoms with Crippen molar-refractivity contribution in [1.29, 1.82) is 0 Å². The molecule has 0 aliphatic carbocycles. The van der Waals surface area contributed by atoms with Crippen LogP contribution in [0, 0.1) is 0 Å². The lowest BCUT2D eigenvalue weighted by Gasteiger charge is -2.19. The van der Waals surface area contributed by atoms with Gasteiger partial charge in [0, 0.05) is 30.3 Å². The van der Waals surface area contributed by atoms with Crippen molar-refractivity contribution in [2.75, 3.05) is 12.3 Å². The zero-order valence-corrected chi connectivity index (χ0v) is 24.7. The number of aliphatic hydroxyl groups is 1. The third-order valence-electron chi connectivity index (χ3n) is 5.96. The highest BCUT2D eigenvalue weighted by Crippen LogP contribution is 2.38. The summed E-state index contributed by atoms with van der Waals surface area (Å²) in [6.07, 6.45) is -2.71. The first-order chi connectivity index (χ1) is 19.3. The number of alkyl halides is 3. The van der Waals surface area contributed by atoms with E-state index in [1.165, 1.54) is 45.9 Å². The van der Waals surface area contributed by atoms with E-state index < -0.39 is 22.6 Å². The van der Waals surface area contributed by atoms with Gasteiger partial charge >= 0.3 is 6.18 Å². The van der Waals surface area contributed by atoms with Crippen LogP contribution in [0.3, 0.4) is 0 Å². The van der Waals surface area contributed by atoms with Gasteiger partial charge in [-0.3, -0.25) is 14.7 Å². The Bertz CT molecular complexity index is 1560. The van der Waals surface area contributed by atoms with Gasteiger partial charge in [0.05, 0.1) is 27.9 Å². The summed E-state index contributed by atoms with van der Waals surface area (Å²) in [6, 6.07) is 13.7. The van der Waals surface area contributed by atoms with Gasteiger partial charge in [0.25, 0.3) is 5.56 Å². The van der Waals surface area contributed by atoms with Crippen molar-refractivity contribution in [3.63, 3.8) is 0 Å². The van der Waals surface area contributed by atoms with Crippen LogP contribution in [0.15, 0.2) is 65.6 Å². The first-order valence-electron chi connectivity index (χ1n) is 12.5. The number of fused-ring (bicyclic) bond motifs is 1. The Morgan fingerprint density at radius 1 is 1.12 bits per heavy atom. The quantitative estimate of drug-likeness (QED) is 0.147. The van der Waals surface area contributed by atoms with E-state index in [-0.39, 0.29) is 18.0 Å². The van der Waals surface area contributed by atoms with Crippen LogP contribution in [0.2, 0.25) is 0 Å². The predicted octanol–water partition coefficient (Wildman–Crippen LogP) is 5.61. The number of nitrogens with one attached hydrogen (secondary N) is 1. The second-order valence-electron chi connectivity index (χ2n) is 9.98. The Kier molecular flexibility index (Phi) is 9.85. The smallest absolute Gasteiger partial charge is 0.389 e. The zero-order valence-electron chi connectivity index (χ0n) is 22.3. The van der Waals surface area contributed by atoms with Crippen LogP contribution >= 0.6 is 35.0 Å². The van der Waals surface area contributed by atoms with Gasteiger partial charge in [-0.1, -0.05) is 30.1 Å². The molecule has 2 aromatic heterocycles. The van der Waals surface area contributed by atoms with Crippen LogP contribution in [-0.4, -0.2) is 38.5 Å². The van der Waals surface area contributed by atoms with E-state index in [0.717, 1.165) is 39.9 Å². The minimum Gasteiger partial charge on any atom is -0.389 e. The molecule has 0 saturated carbocycles. The number of halogens is 3. The molecule has 0 radical (unpaired) electrons. The molecule has 13 heteroatoms. The van der Waals surface area contributed by atoms with Gasteiger partial charge in [-0.05, 0) is 60.9 Å². The number of amides is 1. The van der Waals surface area contributed by atoms with Crippen molar-refractivity contribution in [3.8, 4) is 11.1 Å². The highest BCUT2D eigenvalue weighted by Gasteiger charge is 2.30. The molecule has 2 aromatic carbocycles. The minimum atomic E-state index is -4.42. The highest BCUT2D eigenvalue weighted by atomic mass is 32.2. The van der Waals surface area contributed by atoms with E-state index in [4.69, 9.17) is 10.1 Å². The predicted molar refractivity (Wildman–Crippen MR) is 161 cm³/mol. The molecular formula is C28H29F3N4O3S3. The molecule has 1 amide bonds. The number of hydrogen-bond donors (Lipinski definition) is 3. The lowest BCUT2D eigenvalue weighted by atomic mass is 10.1. The number of thiazole rings is 1. The van der Waals surface area contributed by atoms with Gasteiger partial charge in [-0.25, -0.2) is 4.98 Å². The van der Waals surface area contributed by atoms with E-state index >= 15 is 0 Å². The van der Waals surface area contributed by atoms with Crippen molar-refractivity contribution in [1.82, 2.24) is 14.9 Å². The Hall–Kier alpha value is -2.84. The SMILES string of the molecule is CC(C)(O)Cn1cc(-c2ccc3nc(C(SCc4ccc(C(F)(F)F)cc4)C(=O)NCCSN)sc3c2)ccc1=O. The van der Waals surface area contributed by atoms with Gasteiger partial charge in [-0.2, -0.15) is 13.2 Å². The number of hydrogen-bond acceptors (Lipinski definition) is 8. The lowest BCUT2D eigenvalue weighted by Crippen LogP contribution is -2.32. The van der Waals surface area contributed by atoms with Crippen LogP contribution in [0.1, 0.15) is 35.2 Å². The Morgan fingerprint density at radius 3 is 2.49 bits per heavy atom. The molecule has 0 aliphatic heterocycles. The third-order valence-corrected chi connectivity index (χ3v) is 8.90. The van der Waals surface area contributed by atoms with Gasteiger partial charge < -0.3 is 15.0 Å². The molecule has 1 atom stereocenters. The highest BCUT2D eigenvalue weighted by molar-refractivity contribution is 7.99. The fourth-order valence-electron chi connectivity index (χ4n) is 4.03. The monoisotopic (exact) mass is 622 g/mol. The average Bonchev–Trinajstić information content (AvgIpc) is 3.32. The first-order valence-corrected chi connectivity index (χ1v) is 15.5. The number of carbonyl (C=O) groups is 1. The van der Waals surface area contributed by atoms with Crippen molar-refractivity contribution >= 4 is 51.2 Å². The summed E-state index contributed by atoms with van der Waals surface area (Å²) < 4.78 is 41.1. The molecule has 0 aliphatic rings. The van der Waals surface area contributed by atoms with E-state index in [9.17, 15) is 27.9 Å². The number of carbonyl (C=O) groups excluding carboxylic acids is 1. The fourth-order valence-corrected chi connectivity index (χ4v) is 6.57. The molecular weight excluding hydrogens is 594 g/mol. The Labute approximate surface area is 247 Å². The van der Waals surface area contributed by atoms with Crippen LogP contribution in [-0.2, 0) is 23.3 Å². The summed E-state index contributed by atoms with van der Waals surface area (Å²) in [4.78, 5) is 30.2. The van der Waals surface area contributed by atoms with Gasteiger partial charge in [0.2, 0.25) is 5.91 Å². The molecule has 4 rings (SSSR count). The minimum absolute atomic E-state index is 0.141. The standard InChI is InChI=1S/C28H29F3N4O3S3/c1-27(2,38)16-35-14-19(6-10-23(35)36)18-5-9-21-22(13-18)41-26(34-21)24(25(37)33-11-12-40-32)39-15-17-3-7-20(8-4-17)28(29,30)31/h3-10,13-14,24,38H,11-12,15-16,32H2,1-2H3,(H,33,37). The number of nitrogens with zero attached hydrogens (tertiary/aromatic N) is 2. The van der Waals surface area contributed by atoms with Gasteiger partial charge in [0.15, 0.2) is 0 Å². The maximum Gasteiger partial charge on any atom is 0.416 e. The largest absolute Gasteiger partial charge is 0.416 e. The molecule has 2 heterocycles. The summed E-state index contributed by atoms with van der Waals surface area (Å²) >= 11 is 3.76. The van der Waals surface area contributed by atoms with Crippen LogP contribution in [0.4, 0.5) is 13.2 Å². The Balaban J connectivity index is 1.60. The summed E-state index contributed by atoms with van der Waals surface area (Å²) in [6.45, 7) is 3.77. The Morgan fingerprint density at radius 2 is 1.83 bits per heavy atom. The zero-order chi connectivity index (χ0) is 29.8. The number of pyridine rings is 1. The van der Waals surface area contributed by atoms with Crippen molar-refractivity contribution < 1.29 is 23.1 Å². The first kappa shape index (κ1) is 31.1. The molecule has 4 aromatic rings. The maximum atomic E-state index is 13.2. The second-order valence-corrected chi connectivity index (χ2v) is 12.9. The molecule has 0 spiro atoms. The van der Waals surface area contributed by atoms with E-state index in [1.807, 2.05) is 18.2 Å². The third kappa shape index (κ3) is 8.35. The summed E-state index contributed by atoms with van der Waals surface area (Å²) in [5, 5.41) is 18.4. The summed E-state index contributed by atoms with van der Waals surface area (Å²) in [5.74, 6) is 0.584. The number of nitrogens with two attached hydrogens (primary N) is 1. The number of aromatic nitrogens is 2. The fraction of sp³-hybridized carbons (Fsp3) is 0.321. The van der Waals surface area contributed by atoms with Crippen molar-refractivity contribution in [2.24, 2.45) is 5.14 Å². The van der Waals surface area contributed by atoms with Gasteiger partial charge in [0.1, 0.15) is 10.3 Å². The normalized spacial score (nSPS) is 13.0. The molecule has 4 N–H and O–H groups in total. The molecule has 0 saturated heterocycles. The number of thioether (sulfide) groups is 1. The molecule has 0 bridgehead atoms. The van der Waals surface area contributed by atoms with E-state index in [0.29, 0.717) is 34.1 Å². The average molecular weight is 623 g/mol. The van der Waals surface area contributed by atoms with Crippen molar-refractivity contribution in [3.05, 3.63) is 87.3 Å². The molecule has 1 unspecified atom stereocenters. The van der Waals surface area contributed by atoms with Crippen LogP contribution < -0.4 is 16.0 Å². The van der Waals surface area contributed by atoms with E-state index in [2.05, 4.69) is 5.32 Å². The number of benzene rings is 2. The molecule has 7 nitrogen and oxygen atoms in total. The van der Waals surface area contributed by atoms with Crippen molar-refractivity contribution in [2.45, 2.75) is 43.2 Å². The molecule has 218 valence electrons. The summed E-state index contributed by atoms with van der Waals surface area (Å²) in [7, 11) is 0. The molecule has 0 fully saturated rings. The lowest BCUT2D eigenvalue weighted by molar-refractivity contribution is -0.137. The van der Waals surface area contributed by atoms with Gasteiger partial charge in [-0.15, -0.1) is 23.1 Å².